The molecule has 230 valence electrons. The zero-order valence-corrected chi connectivity index (χ0v) is 29.7. The zero-order valence-electron chi connectivity index (χ0n) is 28.8. The van der Waals surface area contributed by atoms with Crippen molar-refractivity contribution >= 4 is 8.60 Å². The number of hydrogen-bond donors (Lipinski definition) is 0. The fourth-order valence-electron chi connectivity index (χ4n) is 4.78. The van der Waals surface area contributed by atoms with E-state index in [2.05, 4.69) is 152 Å². The van der Waals surface area contributed by atoms with Gasteiger partial charge in [-0.2, -0.15) is 0 Å². The first-order chi connectivity index (χ1) is 19.2. The van der Waals surface area contributed by atoms with Crippen molar-refractivity contribution < 1.29 is 13.6 Å². The minimum atomic E-state index is -1.81. The van der Waals surface area contributed by atoms with Gasteiger partial charge in [0.1, 0.15) is 17.2 Å². The Bertz CT molecular complexity index is 1290. The van der Waals surface area contributed by atoms with Crippen molar-refractivity contribution in [3.63, 3.8) is 0 Å². The molecule has 0 aliphatic carbocycles. The van der Waals surface area contributed by atoms with E-state index in [-0.39, 0.29) is 21.7 Å². The van der Waals surface area contributed by atoms with Gasteiger partial charge in [0.05, 0.1) is 0 Å². The highest BCUT2D eigenvalue weighted by molar-refractivity contribution is 7.43. The molecule has 3 rings (SSSR count). The zero-order chi connectivity index (χ0) is 31.7. The monoisotopic (exact) mass is 590 g/mol. The molecule has 0 spiro atoms. The van der Waals surface area contributed by atoms with Gasteiger partial charge in [-0.3, -0.25) is 0 Å². The van der Waals surface area contributed by atoms with Crippen LogP contribution in [-0.2, 0) is 34.5 Å². The molecule has 3 nitrogen and oxygen atoms in total. The standard InChI is InChI=1S/C38H55O3P/c1-15-26-23-28(35(3,4)5)17-20-32(26)39-42(40-33-21-18-29(36(6,7)8)24-27(33)16-2)41-34-22-19-30(37(9,10)11)25-31(34)38(12,13)14/h17-25H,15-16H2,1-14H3. The molecule has 0 aromatic heterocycles. The molecule has 0 atom stereocenters. The lowest BCUT2D eigenvalue weighted by Gasteiger charge is -2.29. The van der Waals surface area contributed by atoms with Gasteiger partial charge >= 0.3 is 8.60 Å². The molecule has 0 N–H and O–H groups in total. The summed E-state index contributed by atoms with van der Waals surface area (Å²) in [5, 5.41) is 0. The third-order valence-corrected chi connectivity index (χ3v) is 8.82. The van der Waals surface area contributed by atoms with Crippen LogP contribution < -0.4 is 13.6 Å². The Morgan fingerprint density at radius 1 is 0.452 bits per heavy atom. The average molecular weight is 591 g/mol. The Hall–Kier alpha value is -2.51. The Labute approximate surface area is 258 Å². The smallest absolute Gasteiger partial charge is 0.408 e. The number of hydrogen-bond acceptors (Lipinski definition) is 3. The maximum absolute atomic E-state index is 6.76. The molecule has 0 aliphatic rings. The highest BCUT2D eigenvalue weighted by Gasteiger charge is 2.29. The molecule has 0 saturated heterocycles. The molecule has 0 fully saturated rings. The molecular weight excluding hydrogens is 535 g/mol. The normalized spacial score (nSPS) is 12.9. The van der Waals surface area contributed by atoms with Crippen molar-refractivity contribution in [2.75, 3.05) is 0 Å². The topological polar surface area (TPSA) is 27.7 Å². The van der Waals surface area contributed by atoms with E-state index in [9.17, 15) is 0 Å². The highest BCUT2D eigenvalue weighted by atomic mass is 31.2. The molecule has 0 radical (unpaired) electrons. The molecule has 0 aliphatic heterocycles. The summed E-state index contributed by atoms with van der Waals surface area (Å²) >= 11 is 0. The van der Waals surface area contributed by atoms with Gasteiger partial charge in [-0.15, -0.1) is 0 Å². The van der Waals surface area contributed by atoms with Crippen molar-refractivity contribution in [3.05, 3.63) is 88.0 Å². The summed E-state index contributed by atoms with van der Waals surface area (Å²) < 4.78 is 20.2. The second-order valence-electron chi connectivity index (χ2n) is 15.6. The summed E-state index contributed by atoms with van der Waals surface area (Å²) in [7, 11) is -1.81. The fraction of sp³-hybridized carbons (Fsp3) is 0.526. The molecule has 4 heteroatoms. The summed E-state index contributed by atoms with van der Waals surface area (Å²) in [6, 6.07) is 19.6. The molecule has 42 heavy (non-hydrogen) atoms. The van der Waals surface area contributed by atoms with Crippen LogP contribution in [0.25, 0.3) is 0 Å². The second kappa shape index (κ2) is 12.6. The van der Waals surface area contributed by atoms with Crippen LogP contribution >= 0.6 is 8.60 Å². The first-order valence-corrected chi connectivity index (χ1v) is 16.6. The Balaban J connectivity index is 2.11. The second-order valence-corrected chi connectivity index (χ2v) is 16.6. The first-order valence-electron chi connectivity index (χ1n) is 15.5. The van der Waals surface area contributed by atoms with Gasteiger partial charge in [0.25, 0.3) is 0 Å². The number of benzene rings is 3. The molecule has 0 bridgehead atoms. The third-order valence-electron chi connectivity index (χ3n) is 7.79. The van der Waals surface area contributed by atoms with Crippen LogP contribution in [0.4, 0.5) is 0 Å². The van der Waals surface area contributed by atoms with Gasteiger partial charge in [0.2, 0.25) is 0 Å². The van der Waals surface area contributed by atoms with E-state index in [4.69, 9.17) is 13.6 Å². The van der Waals surface area contributed by atoms with E-state index in [1.165, 1.54) is 16.7 Å². The number of rotatable bonds is 8. The van der Waals surface area contributed by atoms with Gasteiger partial charge in [-0.05, 0) is 80.5 Å². The Kier molecular flexibility index (Phi) is 10.2. The molecule has 0 amide bonds. The molecule has 0 heterocycles. The van der Waals surface area contributed by atoms with Crippen LogP contribution in [0.15, 0.2) is 54.6 Å². The lowest BCUT2D eigenvalue weighted by atomic mass is 9.80. The summed E-state index contributed by atoms with van der Waals surface area (Å²) in [6.45, 7) is 31.2. The van der Waals surface area contributed by atoms with Gasteiger partial charge in [0, 0.05) is 5.56 Å². The lowest BCUT2D eigenvalue weighted by Crippen LogP contribution is -2.18. The maximum Gasteiger partial charge on any atom is 0.530 e. The quantitative estimate of drug-likeness (QED) is 0.244. The number of aryl methyl sites for hydroxylation is 2. The predicted octanol–water partition coefficient (Wildman–Crippen LogP) is 11.8. The third kappa shape index (κ3) is 8.53. The lowest BCUT2D eigenvalue weighted by molar-refractivity contribution is 0.379. The van der Waals surface area contributed by atoms with Crippen molar-refractivity contribution in [1.82, 2.24) is 0 Å². The van der Waals surface area contributed by atoms with Crippen LogP contribution in [0.5, 0.6) is 17.2 Å². The van der Waals surface area contributed by atoms with Crippen LogP contribution in [-0.4, -0.2) is 0 Å². The average Bonchev–Trinajstić information content (AvgIpc) is 2.86. The SMILES string of the molecule is CCc1cc(C(C)(C)C)ccc1OP(Oc1ccc(C(C)(C)C)cc1CC)Oc1ccc(C(C)(C)C)cc1C(C)(C)C. The first kappa shape index (κ1) is 34.0. The van der Waals surface area contributed by atoms with Crippen LogP contribution in [0.2, 0.25) is 0 Å². The highest BCUT2D eigenvalue weighted by Crippen LogP contribution is 2.48. The van der Waals surface area contributed by atoms with Crippen molar-refractivity contribution in [1.29, 1.82) is 0 Å². The Morgan fingerprint density at radius 3 is 1.12 bits per heavy atom. The van der Waals surface area contributed by atoms with Gasteiger partial charge in [-0.1, -0.05) is 133 Å². The van der Waals surface area contributed by atoms with Crippen molar-refractivity contribution in [2.24, 2.45) is 0 Å². The van der Waals surface area contributed by atoms with E-state index in [1.54, 1.807) is 0 Å². The molecular formula is C38H55O3P. The van der Waals surface area contributed by atoms with Crippen LogP contribution in [0, 0.1) is 0 Å². The predicted molar refractivity (Wildman–Crippen MR) is 182 cm³/mol. The Morgan fingerprint density at radius 2 is 0.786 bits per heavy atom. The molecule has 0 saturated carbocycles. The fourth-order valence-corrected chi connectivity index (χ4v) is 5.89. The van der Waals surface area contributed by atoms with Crippen LogP contribution in [0.3, 0.4) is 0 Å². The van der Waals surface area contributed by atoms with E-state index in [0.29, 0.717) is 0 Å². The van der Waals surface area contributed by atoms with Gasteiger partial charge in [-0.25, -0.2) is 0 Å². The minimum absolute atomic E-state index is 0.0337. The maximum atomic E-state index is 6.76. The van der Waals surface area contributed by atoms with E-state index in [0.717, 1.165) is 46.8 Å². The van der Waals surface area contributed by atoms with E-state index in [1.807, 2.05) is 0 Å². The molecule has 0 unspecified atom stereocenters. The summed E-state index contributed by atoms with van der Waals surface area (Å²) in [5.41, 5.74) is 7.34. The molecule has 3 aromatic rings. The largest absolute Gasteiger partial charge is 0.530 e. The van der Waals surface area contributed by atoms with Gasteiger partial charge in [0.15, 0.2) is 0 Å². The van der Waals surface area contributed by atoms with E-state index >= 15 is 0 Å². The molecule has 3 aromatic carbocycles. The van der Waals surface area contributed by atoms with Crippen LogP contribution in [0.1, 0.15) is 130 Å². The summed E-state index contributed by atoms with van der Waals surface area (Å²) in [4.78, 5) is 0. The van der Waals surface area contributed by atoms with Crippen molar-refractivity contribution in [2.45, 2.75) is 131 Å². The summed E-state index contributed by atoms with van der Waals surface area (Å²) in [5.74, 6) is 2.42. The van der Waals surface area contributed by atoms with Crippen molar-refractivity contribution in [3.8, 4) is 17.2 Å². The van der Waals surface area contributed by atoms with Gasteiger partial charge < -0.3 is 13.6 Å². The summed E-state index contributed by atoms with van der Waals surface area (Å²) in [6.07, 6.45) is 1.72. The van der Waals surface area contributed by atoms with E-state index < -0.39 is 8.60 Å². The minimum Gasteiger partial charge on any atom is -0.408 e.